The number of nitrogens with one attached hydrogen (secondary N) is 1. The number of benzene rings is 2. The van der Waals surface area contributed by atoms with Crippen LogP contribution in [0.3, 0.4) is 0 Å². The number of carbonyl (C=O) groups excluding carboxylic acids is 1. The maximum atomic E-state index is 12.6. The summed E-state index contributed by atoms with van der Waals surface area (Å²) in [5.41, 5.74) is 4.17. The minimum Gasteiger partial charge on any atom is -0.497 e. The average Bonchev–Trinajstić information content (AvgIpc) is 2.71. The van der Waals surface area contributed by atoms with Gasteiger partial charge in [-0.15, -0.1) is 0 Å². The van der Waals surface area contributed by atoms with E-state index in [4.69, 9.17) is 9.47 Å². The molecule has 0 spiro atoms. The standard InChI is InChI=1S/C21H27N3O3/c1-15-6-5-7-18(16(15)2)22-21(25)24-12-10-23(11-13-24)19-9-8-17(26-3)14-20(19)27-4/h5-9,14H,10-13H2,1-4H3,(H,22,25). The van der Waals surface area contributed by atoms with E-state index in [1.807, 2.05) is 55.1 Å². The quantitative estimate of drug-likeness (QED) is 0.893. The van der Waals surface area contributed by atoms with E-state index in [2.05, 4.69) is 10.2 Å². The zero-order chi connectivity index (χ0) is 19.4. The molecule has 2 aromatic rings. The Hall–Kier alpha value is -2.89. The molecule has 0 saturated carbocycles. The van der Waals surface area contributed by atoms with Gasteiger partial charge in [-0.3, -0.25) is 0 Å². The van der Waals surface area contributed by atoms with Crippen LogP contribution in [-0.4, -0.2) is 51.3 Å². The third kappa shape index (κ3) is 4.10. The predicted octanol–water partition coefficient (Wildman–Crippen LogP) is 3.67. The van der Waals surface area contributed by atoms with Crippen LogP contribution in [0.2, 0.25) is 0 Å². The minimum absolute atomic E-state index is 0.0509. The van der Waals surface area contributed by atoms with Gasteiger partial charge in [-0.05, 0) is 43.2 Å². The number of anilines is 2. The predicted molar refractivity (Wildman–Crippen MR) is 108 cm³/mol. The number of carbonyl (C=O) groups is 1. The lowest BCUT2D eigenvalue weighted by Gasteiger charge is -2.36. The molecular weight excluding hydrogens is 342 g/mol. The van der Waals surface area contributed by atoms with E-state index in [1.165, 1.54) is 5.56 Å². The molecule has 0 aromatic heterocycles. The molecule has 3 rings (SSSR count). The normalized spacial score (nSPS) is 14.1. The van der Waals surface area contributed by atoms with Crippen molar-refractivity contribution in [3.63, 3.8) is 0 Å². The summed E-state index contributed by atoms with van der Waals surface area (Å²) >= 11 is 0. The van der Waals surface area contributed by atoms with E-state index in [0.717, 1.165) is 41.5 Å². The van der Waals surface area contributed by atoms with Gasteiger partial charge >= 0.3 is 6.03 Å². The first kappa shape index (κ1) is 18.9. The number of ether oxygens (including phenoxy) is 2. The van der Waals surface area contributed by atoms with Crippen molar-refractivity contribution in [3.05, 3.63) is 47.5 Å². The molecule has 6 heteroatoms. The Balaban J connectivity index is 1.63. The third-order valence-electron chi connectivity index (χ3n) is 5.14. The number of piperazine rings is 1. The second-order valence-corrected chi connectivity index (χ2v) is 6.69. The highest BCUT2D eigenvalue weighted by molar-refractivity contribution is 5.90. The summed E-state index contributed by atoms with van der Waals surface area (Å²) in [5, 5.41) is 3.04. The van der Waals surface area contributed by atoms with Crippen molar-refractivity contribution < 1.29 is 14.3 Å². The van der Waals surface area contributed by atoms with Gasteiger partial charge in [0, 0.05) is 37.9 Å². The van der Waals surface area contributed by atoms with E-state index in [0.29, 0.717) is 13.1 Å². The Morgan fingerprint density at radius 3 is 2.41 bits per heavy atom. The monoisotopic (exact) mass is 369 g/mol. The van der Waals surface area contributed by atoms with Crippen LogP contribution >= 0.6 is 0 Å². The number of nitrogens with zero attached hydrogens (tertiary/aromatic N) is 2. The zero-order valence-corrected chi connectivity index (χ0v) is 16.4. The number of hydrogen-bond donors (Lipinski definition) is 1. The molecule has 1 fully saturated rings. The average molecular weight is 369 g/mol. The Bertz CT molecular complexity index is 814. The largest absolute Gasteiger partial charge is 0.497 e. The van der Waals surface area contributed by atoms with E-state index < -0.39 is 0 Å². The highest BCUT2D eigenvalue weighted by atomic mass is 16.5. The first-order chi connectivity index (χ1) is 13.0. The molecule has 1 aliphatic heterocycles. The van der Waals surface area contributed by atoms with Crippen LogP contribution in [0.15, 0.2) is 36.4 Å². The van der Waals surface area contributed by atoms with Crippen molar-refractivity contribution in [1.29, 1.82) is 0 Å². The van der Waals surface area contributed by atoms with Crippen molar-refractivity contribution in [1.82, 2.24) is 4.90 Å². The Morgan fingerprint density at radius 2 is 1.74 bits per heavy atom. The highest BCUT2D eigenvalue weighted by Crippen LogP contribution is 2.32. The van der Waals surface area contributed by atoms with Crippen molar-refractivity contribution in [2.24, 2.45) is 0 Å². The molecule has 2 aromatic carbocycles. The molecule has 0 unspecified atom stereocenters. The summed E-state index contributed by atoms with van der Waals surface area (Å²) in [4.78, 5) is 16.7. The molecule has 6 nitrogen and oxygen atoms in total. The first-order valence-corrected chi connectivity index (χ1v) is 9.12. The summed E-state index contributed by atoms with van der Waals surface area (Å²) in [6, 6.07) is 11.7. The Kier molecular flexibility index (Phi) is 5.74. The Morgan fingerprint density at radius 1 is 1.00 bits per heavy atom. The van der Waals surface area contributed by atoms with Gasteiger partial charge in [-0.25, -0.2) is 4.79 Å². The van der Waals surface area contributed by atoms with E-state index >= 15 is 0 Å². The summed E-state index contributed by atoms with van der Waals surface area (Å²) < 4.78 is 10.8. The van der Waals surface area contributed by atoms with Gasteiger partial charge in [0.25, 0.3) is 0 Å². The van der Waals surface area contributed by atoms with Gasteiger partial charge in [-0.2, -0.15) is 0 Å². The fourth-order valence-corrected chi connectivity index (χ4v) is 3.28. The van der Waals surface area contributed by atoms with Gasteiger partial charge in [0.15, 0.2) is 0 Å². The van der Waals surface area contributed by atoms with Crippen molar-refractivity contribution in [2.45, 2.75) is 13.8 Å². The van der Waals surface area contributed by atoms with Gasteiger partial charge in [0.05, 0.1) is 19.9 Å². The fourth-order valence-electron chi connectivity index (χ4n) is 3.28. The fraction of sp³-hybridized carbons (Fsp3) is 0.381. The van der Waals surface area contributed by atoms with Crippen LogP contribution in [0, 0.1) is 13.8 Å². The molecule has 0 bridgehead atoms. The maximum Gasteiger partial charge on any atom is 0.321 e. The maximum absolute atomic E-state index is 12.6. The Labute approximate surface area is 160 Å². The smallest absolute Gasteiger partial charge is 0.321 e. The summed E-state index contributed by atoms with van der Waals surface area (Å²) in [7, 11) is 3.30. The topological polar surface area (TPSA) is 54.0 Å². The van der Waals surface area contributed by atoms with Gasteiger partial charge in [-0.1, -0.05) is 12.1 Å². The van der Waals surface area contributed by atoms with Crippen LogP contribution in [0.25, 0.3) is 0 Å². The third-order valence-corrected chi connectivity index (χ3v) is 5.14. The van der Waals surface area contributed by atoms with Crippen LogP contribution in [0.4, 0.5) is 16.2 Å². The summed E-state index contributed by atoms with van der Waals surface area (Å²) in [6.45, 7) is 6.90. The lowest BCUT2D eigenvalue weighted by Crippen LogP contribution is -2.50. The van der Waals surface area contributed by atoms with Crippen molar-refractivity contribution in [2.75, 3.05) is 50.6 Å². The van der Waals surface area contributed by atoms with E-state index in [-0.39, 0.29) is 6.03 Å². The number of amides is 2. The summed E-state index contributed by atoms with van der Waals surface area (Å²) in [5.74, 6) is 1.55. The first-order valence-electron chi connectivity index (χ1n) is 9.12. The van der Waals surface area contributed by atoms with Crippen molar-refractivity contribution in [3.8, 4) is 11.5 Å². The number of rotatable bonds is 4. The van der Waals surface area contributed by atoms with Gasteiger partial charge in [0.1, 0.15) is 11.5 Å². The van der Waals surface area contributed by atoms with Crippen LogP contribution < -0.4 is 19.7 Å². The van der Waals surface area contributed by atoms with Crippen LogP contribution in [-0.2, 0) is 0 Å². The second kappa shape index (κ2) is 8.20. The molecule has 144 valence electrons. The molecule has 1 aliphatic rings. The molecule has 0 atom stereocenters. The van der Waals surface area contributed by atoms with E-state index in [1.54, 1.807) is 14.2 Å². The lowest BCUT2D eigenvalue weighted by molar-refractivity contribution is 0.208. The second-order valence-electron chi connectivity index (χ2n) is 6.69. The number of urea groups is 1. The zero-order valence-electron chi connectivity index (χ0n) is 16.4. The molecular formula is C21H27N3O3. The highest BCUT2D eigenvalue weighted by Gasteiger charge is 2.23. The number of aryl methyl sites for hydroxylation is 1. The molecule has 0 radical (unpaired) electrons. The molecule has 1 heterocycles. The van der Waals surface area contributed by atoms with Gasteiger partial charge in [0.2, 0.25) is 0 Å². The minimum atomic E-state index is -0.0509. The number of methoxy groups -OCH3 is 2. The molecule has 2 amide bonds. The van der Waals surface area contributed by atoms with Gasteiger partial charge < -0.3 is 24.6 Å². The van der Waals surface area contributed by atoms with Crippen molar-refractivity contribution >= 4 is 17.4 Å². The molecule has 27 heavy (non-hydrogen) atoms. The number of hydrogen-bond acceptors (Lipinski definition) is 4. The van der Waals surface area contributed by atoms with E-state index in [9.17, 15) is 4.79 Å². The van der Waals surface area contributed by atoms with Crippen LogP contribution in [0.1, 0.15) is 11.1 Å². The SMILES string of the molecule is COc1ccc(N2CCN(C(=O)Nc3cccc(C)c3C)CC2)c(OC)c1. The molecule has 1 N–H and O–H groups in total. The summed E-state index contributed by atoms with van der Waals surface area (Å²) in [6.07, 6.45) is 0. The lowest BCUT2D eigenvalue weighted by atomic mass is 10.1. The van der Waals surface area contributed by atoms with Crippen LogP contribution in [0.5, 0.6) is 11.5 Å². The molecule has 1 saturated heterocycles. The molecule has 0 aliphatic carbocycles.